The molecule has 0 heterocycles. The van der Waals surface area contributed by atoms with Gasteiger partial charge in [-0.15, -0.1) is 0 Å². The summed E-state index contributed by atoms with van der Waals surface area (Å²) in [6, 6.07) is 0.691. The van der Waals surface area contributed by atoms with Gasteiger partial charge in [-0.1, -0.05) is 72.6 Å². The Balaban J connectivity index is 2.21. The average molecular weight is 239 g/mol. The maximum Gasteiger partial charge on any atom is 0.0115 e. The molecule has 0 aromatic carbocycles. The van der Waals surface area contributed by atoms with Crippen molar-refractivity contribution in [3.63, 3.8) is 0 Å². The minimum atomic E-state index is 0.405. The van der Waals surface area contributed by atoms with E-state index < -0.39 is 0 Å². The quantitative estimate of drug-likeness (QED) is 0.704. The molecule has 1 unspecified atom stereocenters. The lowest BCUT2D eigenvalue weighted by molar-refractivity contribution is 0.241. The first-order valence-corrected chi connectivity index (χ1v) is 7.77. The van der Waals surface area contributed by atoms with E-state index in [2.05, 4.69) is 33.0 Å². The molecule has 0 saturated heterocycles. The minimum Gasteiger partial charge on any atom is -0.314 e. The van der Waals surface area contributed by atoms with Gasteiger partial charge in [0.05, 0.1) is 0 Å². The van der Waals surface area contributed by atoms with Crippen molar-refractivity contribution in [1.29, 1.82) is 0 Å². The molecule has 1 fully saturated rings. The summed E-state index contributed by atoms with van der Waals surface area (Å²) in [6.45, 7) is 10.4. The molecule has 102 valence electrons. The number of hydrogen-bond donors (Lipinski definition) is 1. The van der Waals surface area contributed by atoms with Gasteiger partial charge >= 0.3 is 0 Å². The fraction of sp³-hybridized carbons (Fsp3) is 1.00. The lowest BCUT2D eigenvalue weighted by Gasteiger charge is -2.32. The highest BCUT2D eigenvalue weighted by atomic mass is 14.9. The molecule has 1 N–H and O–H groups in total. The summed E-state index contributed by atoms with van der Waals surface area (Å²) < 4.78 is 0. The highest BCUT2D eigenvalue weighted by Crippen LogP contribution is 2.29. The zero-order valence-corrected chi connectivity index (χ0v) is 12.5. The summed E-state index contributed by atoms with van der Waals surface area (Å²) in [6.07, 6.45) is 11.7. The van der Waals surface area contributed by atoms with Crippen LogP contribution in [0.3, 0.4) is 0 Å². The van der Waals surface area contributed by atoms with Crippen LogP contribution in [0.25, 0.3) is 0 Å². The Morgan fingerprint density at radius 3 is 2.29 bits per heavy atom. The molecule has 0 aromatic heterocycles. The maximum atomic E-state index is 3.66. The van der Waals surface area contributed by atoms with Crippen molar-refractivity contribution in [3.05, 3.63) is 0 Å². The average Bonchev–Trinajstić information content (AvgIpc) is 2.28. The molecule has 1 saturated carbocycles. The van der Waals surface area contributed by atoms with Crippen LogP contribution in [-0.4, -0.2) is 12.6 Å². The zero-order valence-electron chi connectivity index (χ0n) is 12.5. The van der Waals surface area contributed by atoms with Crippen LogP contribution in [0.4, 0.5) is 0 Å². The summed E-state index contributed by atoms with van der Waals surface area (Å²) in [5, 5.41) is 3.66. The van der Waals surface area contributed by atoms with Crippen molar-refractivity contribution in [3.8, 4) is 0 Å². The fourth-order valence-corrected chi connectivity index (χ4v) is 3.17. The maximum absolute atomic E-state index is 3.66. The second-order valence-corrected chi connectivity index (χ2v) is 6.91. The zero-order chi connectivity index (χ0) is 12.7. The molecule has 1 heteroatoms. The van der Waals surface area contributed by atoms with Crippen LogP contribution in [-0.2, 0) is 0 Å². The van der Waals surface area contributed by atoms with Gasteiger partial charge in [-0.2, -0.15) is 0 Å². The SMILES string of the molecule is CCNC(CCCC1CCCCC1)C(C)(C)C. The smallest absolute Gasteiger partial charge is 0.0115 e. The van der Waals surface area contributed by atoms with E-state index in [0.29, 0.717) is 11.5 Å². The third-order valence-corrected chi connectivity index (χ3v) is 4.33. The molecule has 17 heavy (non-hydrogen) atoms. The molecule has 0 bridgehead atoms. The standard InChI is InChI=1S/C16H33N/c1-5-17-15(16(2,3)4)13-9-12-14-10-7-6-8-11-14/h14-15,17H,5-13H2,1-4H3. The van der Waals surface area contributed by atoms with Crippen molar-refractivity contribution in [2.75, 3.05) is 6.54 Å². The third kappa shape index (κ3) is 5.90. The Morgan fingerprint density at radius 1 is 1.12 bits per heavy atom. The second-order valence-electron chi connectivity index (χ2n) is 6.91. The predicted octanol–water partition coefficient (Wildman–Crippen LogP) is 4.76. The number of nitrogens with one attached hydrogen (secondary N) is 1. The Labute approximate surface area is 109 Å². The van der Waals surface area contributed by atoms with Crippen LogP contribution in [0, 0.1) is 11.3 Å². The Bertz CT molecular complexity index is 186. The molecule has 1 atom stereocenters. The van der Waals surface area contributed by atoms with E-state index in [1.54, 1.807) is 0 Å². The van der Waals surface area contributed by atoms with E-state index in [0.717, 1.165) is 12.5 Å². The van der Waals surface area contributed by atoms with Gasteiger partial charge in [0, 0.05) is 6.04 Å². The molecule has 1 aliphatic carbocycles. The fourth-order valence-electron chi connectivity index (χ4n) is 3.17. The summed E-state index contributed by atoms with van der Waals surface area (Å²) in [5.41, 5.74) is 0.405. The van der Waals surface area contributed by atoms with Crippen molar-refractivity contribution in [1.82, 2.24) is 5.32 Å². The third-order valence-electron chi connectivity index (χ3n) is 4.33. The van der Waals surface area contributed by atoms with Crippen LogP contribution in [0.2, 0.25) is 0 Å². The van der Waals surface area contributed by atoms with Gasteiger partial charge in [0.1, 0.15) is 0 Å². The van der Waals surface area contributed by atoms with Crippen molar-refractivity contribution < 1.29 is 0 Å². The van der Waals surface area contributed by atoms with Gasteiger partial charge in [0.2, 0.25) is 0 Å². The van der Waals surface area contributed by atoms with Crippen molar-refractivity contribution in [2.45, 2.75) is 85.1 Å². The number of hydrogen-bond acceptors (Lipinski definition) is 1. The van der Waals surface area contributed by atoms with Gasteiger partial charge in [-0.25, -0.2) is 0 Å². The normalized spacial score (nSPS) is 20.5. The molecule has 0 radical (unpaired) electrons. The van der Waals surface area contributed by atoms with Crippen LogP contribution < -0.4 is 5.32 Å². The van der Waals surface area contributed by atoms with E-state index in [-0.39, 0.29) is 0 Å². The van der Waals surface area contributed by atoms with Crippen LogP contribution in [0.1, 0.15) is 79.1 Å². The Hall–Kier alpha value is -0.0400. The molecule has 1 rings (SSSR count). The van der Waals surface area contributed by atoms with E-state index in [4.69, 9.17) is 0 Å². The van der Waals surface area contributed by atoms with Crippen LogP contribution in [0.15, 0.2) is 0 Å². The summed E-state index contributed by atoms with van der Waals surface area (Å²) in [5.74, 6) is 1.05. The van der Waals surface area contributed by atoms with Gasteiger partial charge < -0.3 is 5.32 Å². The van der Waals surface area contributed by atoms with E-state index in [9.17, 15) is 0 Å². The van der Waals surface area contributed by atoms with Gasteiger partial charge in [-0.3, -0.25) is 0 Å². The first kappa shape index (κ1) is 15.0. The molecule has 1 nitrogen and oxygen atoms in total. The topological polar surface area (TPSA) is 12.0 Å². The molecular formula is C16H33N. The molecule has 0 spiro atoms. The van der Waals surface area contributed by atoms with Gasteiger partial charge in [-0.05, 0) is 24.3 Å². The number of rotatable bonds is 6. The van der Waals surface area contributed by atoms with Gasteiger partial charge in [0.25, 0.3) is 0 Å². The van der Waals surface area contributed by atoms with E-state index in [1.165, 1.54) is 51.4 Å². The highest BCUT2D eigenvalue weighted by molar-refractivity contribution is 4.80. The molecule has 1 aliphatic rings. The lowest BCUT2D eigenvalue weighted by atomic mass is 9.81. The van der Waals surface area contributed by atoms with Crippen LogP contribution in [0.5, 0.6) is 0 Å². The van der Waals surface area contributed by atoms with Crippen molar-refractivity contribution >= 4 is 0 Å². The summed E-state index contributed by atoms with van der Waals surface area (Å²) >= 11 is 0. The predicted molar refractivity (Wildman–Crippen MR) is 77.3 cm³/mol. The minimum absolute atomic E-state index is 0.405. The van der Waals surface area contributed by atoms with Gasteiger partial charge in [0.15, 0.2) is 0 Å². The highest BCUT2D eigenvalue weighted by Gasteiger charge is 2.23. The van der Waals surface area contributed by atoms with Crippen molar-refractivity contribution in [2.24, 2.45) is 11.3 Å². The molecule has 0 aliphatic heterocycles. The Kier molecular flexibility index (Phi) is 6.54. The molecular weight excluding hydrogens is 206 g/mol. The Morgan fingerprint density at radius 2 is 1.76 bits per heavy atom. The monoisotopic (exact) mass is 239 g/mol. The molecule has 0 aromatic rings. The van der Waals surface area contributed by atoms with Crippen LogP contribution >= 0.6 is 0 Å². The first-order chi connectivity index (χ1) is 8.04. The largest absolute Gasteiger partial charge is 0.314 e. The molecule has 0 amide bonds. The first-order valence-electron chi connectivity index (χ1n) is 7.77. The summed E-state index contributed by atoms with van der Waals surface area (Å²) in [7, 11) is 0. The van der Waals surface area contributed by atoms with E-state index >= 15 is 0 Å². The second kappa shape index (κ2) is 7.41. The lowest BCUT2D eigenvalue weighted by Crippen LogP contribution is -2.40. The summed E-state index contributed by atoms with van der Waals surface area (Å²) in [4.78, 5) is 0. The van der Waals surface area contributed by atoms with E-state index in [1.807, 2.05) is 0 Å².